The molecule has 0 aromatic heterocycles. The zero-order valence-electron chi connectivity index (χ0n) is 9.74. The molecule has 0 fully saturated rings. The third-order valence-electron chi connectivity index (χ3n) is 2.17. The molecular formula is C11H13F2NO3S. The van der Waals surface area contributed by atoms with Gasteiger partial charge in [0.25, 0.3) is 5.91 Å². The summed E-state index contributed by atoms with van der Waals surface area (Å²) in [5.41, 5.74) is -0.394. The van der Waals surface area contributed by atoms with Crippen LogP contribution in [0.3, 0.4) is 0 Å². The first-order valence-corrected chi connectivity index (χ1v) is 7.27. The molecular weight excluding hydrogens is 264 g/mol. The Kier molecular flexibility index (Phi) is 4.77. The maximum Gasteiger partial charge on any atom is 0.254 e. The number of nitrogens with one attached hydrogen (secondary N) is 1. The first-order valence-electron chi connectivity index (χ1n) is 5.21. The summed E-state index contributed by atoms with van der Waals surface area (Å²) < 4.78 is 47.7. The van der Waals surface area contributed by atoms with Crippen molar-refractivity contribution in [2.75, 3.05) is 18.6 Å². The fourth-order valence-corrected chi connectivity index (χ4v) is 1.98. The highest BCUT2D eigenvalue weighted by molar-refractivity contribution is 7.90. The Morgan fingerprint density at radius 1 is 1.33 bits per heavy atom. The van der Waals surface area contributed by atoms with Crippen LogP contribution >= 0.6 is 0 Å². The van der Waals surface area contributed by atoms with Crippen molar-refractivity contribution in [1.82, 2.24) is 5.32 Å². The fourth-order valence-electron chi connectivity index (χ4n) is 1.31. The normalized spacial score (nSPS) is 11.3. The van der Waals surface area contributed by atoms with E-state index < -0.39 is 32.9 Å². The van der Waals surface area contributed by atoms with Gasteiger partial charge in [-0.1, -0.05) is 6.07 Å². The molecule has 1 aromatic rings. The number of amides is 1. The van der Waals surface area contributed by atoms with Crippen molar-refractivity contribution in [1.29, 1.82) is 0 Å². The lowest BCUT2D eigenvalue weighted by Gasteiger charge is -2.05. The topological polar surface area (TPSA) is 63.2 Å². The van der Waals surface area contributed by atoms with Crippen LogP contribution in [-0.2, 0) is 9.84 Å². The quantitative estimate of drug-likeness (QED) is 0.821. The second-order valence-corrected chi connectivity index (χ2v) is 6.10. The zero-order chi connectivity index (χ0) is 13.8. The van der Waals surface area contributed by atoms with E-state index in [1.807, 2.05) is 0 Å². The van der Waals surface area contributed by atoms with Gasteiger partial charge in [-0.25, -0.2) is 17.2 Å². The van der Waals surface area contributed by atoms with Gasteiger partial charge in [-0.05, 0) is 18.6 Å². The Labute approximate surface area is 104 Å². The molecule has 1 amide bonds. The van der Waals surface area contributed by atoms with Crippen LogP contribution < -0.4 is 5.32 Å². The molecule has 1 aromatic carbocycles. The standard InChI is InChI=1S/C11H13F2NO3S/c1-18(16,17)7-3-6-14-11(15)8-4-2-5-9(12)10(8)13/h2,4-5H,3,6-7H2,1H3,(H,14,15). The van der Waals surface area contributed by atoms with Gasteiger partial charge >= 0.3 is 0 Å². The minimum Gasteiger partial charge on any atom is -0.352 e. The molecule has 1 N–H and O–H groups in total. The molecule has 4 nitrogen and oxygen atoms in total. The summed E-state index contributed by atoms with van der Waals surface area (Å²) in [5.74, 6) is -3.14. The first kappa shape index (κ1) is 14.6. The number of hydrogen-bond donors (Lipinski definition) is 1. The van der Waals surface area contributed by atoms with Gasteiger partial charge in [0.1, 0.15) is 9.84 Å². The first-order chi connectivity index (χ1) is 8.31. The number of halogens is 2. The lowest BCUT2D eigenvalue weighted by molar-refractivity contribution is 0.0948. The summed E-state index contributed by atoms with van der Waals surface area (Å²) in [7, 11) is -3.09. The molecule has 7 heteroatoms. The van der Waals surface area contributed by atoms with E-state index in [0.717, 1.165) is 18.4 Å². The molecule has 0 bridgehead atoms. The van der Waals surface area contributed by atoms with Crippen LogP contribution in [0.2, 0.25) is 0 Å². The molecule has 0 aliphatic rings. The Morgan fingerprint density at radius 3 is 2.61 bits per heavy atom. The number of carbonyl (C=O) groups excluding carboxylic acids is 1. The van der Waals surface area contributed by atoms with Crippen molar-refractivity contribution in [3.63, 3.8) is 0 Å². The van der Waals surface area contributed by atoms with Crippen molar-refractivity contribution in [3.8, 4) is 0 Å². The van der Waals surface area contributed by atoms with Crippen molar-refractivity contribution in [2.24, 2.45) is 0 Å². The minimum atomic E-state index is -3.09. The molecule has 0 spiro atoms. The second-order valence-electron chi connectivity index (χ2n) is 3.84. The van der Waals surface area contributed by atoms with Crippen LogP contribution in [0.5, 0.6) is 0 Å². The van der Waals surface area contributed by atoms with Gasteiger partial charge in [0, 0.05) is 12.8 Å². The van der Waals surface area contributed by atoms with Crippen LogP contribution in [0.25, 0.3) is 0 Å². The van der Waals surface area contributed by atoms with E-state index in [4.69, 9.17) is 0 Å². The SMILES string of the molecule is CS(=O)(=O)CCCNC(=O)c1cccc(F)c1F. The fraction of sp³-hybridized carbons (Fsp3) is 0.364. The summed E-state index contributed by atoms with van der Waals surface area (Å²) in [6.07, 6.45) is 1.31. The number of carbonyl (C=O) groups is 1. The monoisotopic (exact) mass is 277 g/mol. The highest BCUT2D eigenvalue weighted by Gasteiger charge is 2.14. The van der Waals surface area contributed by atoms with E-state index in [0.29, 0.717) is 0 Å². The van der Waals surface area contributed by atoms with Crippen LogP contribution in [0, 0.1) is 11.6 Å². The summed E-state index contributed by atoms with van der Waals surface area (Å²) >= 11 is 0. The molecule has 100 valence electrons. The average Bonchev–Trinajstić information content (AvgIpc) is 2.26. The summed E-state index contributed by atoms with van der Waals surface area (Å²) in [5, 5.41) is 2.33. The van der Waals surface area contributed by atoms with Gasteiger partial charge in [0.15, 0.2) is 11.6 Å². The van der Waals surface area contributed by atoms with Crippen molar-refractivity contribution in [3.05, 3.63) is 35.4 Å². The third kappa shape index (κ3) is 4.40. The van der Waals surface area contributed by atoms with Crippen molar-refractivity contribution in [2.45, 2.75) is 6.42 Å². The van der Waals surface area contributed by atoms with E-state index in [2.05, 4.69) is 5.32 Å². The Morgan fingerprint density at radius 2 is 2.00 bits per heavy atom. The molecule has 0 saturated carbocycles. The van der Waals surface area contributed by atoms with Gasteiger partial charge in [-0.2, -0.15) is 0 Å². The number of sulfone groups is 1. The smallest absolute Gasteiger partial charge is 0.254 e. The van der Waals surface area contributed by atoms with Gasteiger partial charge < -0.3 is 5.32 Å². The van der Waals surface area contributed by atoms with Crippen LogP contribution in [-0.4, -0.2) is 32.9 Å². The molecule has 0 aliphatic heterocycles. The summed E-state index contributed by atoms with van der Waals surface area (Å²) in [6.45, 7) is 0.0852. The van der Waals surface area contributed by atoms with E-state index in [-0.39, 0.29) is 18.7 Å². The Balaban J connectivity index is 2.54. The van der Waals surface area contributed by atoms with Crippen LogP contribution in [0.1, 0.15) is 16.8 Å². The lowest BCUT2D eigenvalue weighted by atomic mass is 10.2. The van der Waals surface area contributed by atoms with Crippen LogP contribution in [0.15, 0.2) is 18.2 Å². The summed E-state index contributed by atoms with van der Waals surface area (Å²) in [6, 6.07) is 3.30. The van der Waals surface area contributed by atoms with Crippen molar-refractivity contribution < 1.29 is 22.0 Å². The number of hydrogen-bond acceptors (Lipinski definition) is 3. The van der Waals surface area contributed by atoms with Gasteiger partial charge in [-0.3, -0.25) is 4.79 Å². The molecule has 0 unspecified atom stereocenters. The number of rotatable bonds is 5. The second kappa shape index (κ2) is 5.90. The molecule has 0 atom stereocenters. The molecule has 0 saturated heterocycles. The molecule has 0 radical (unpaired) electrons. The van der Waals surface area contributed by atoms with Gasteiger partial charge in [-0.15, -0.1) is 0 Å². The Hall–Kier alpha value is -1.50. The largest absolute Gasteiger partial charge is 0.352 e. The average molecular weight is 277 g/mol. The number of benzene rings is 1. The summed E-state index contributed by atoms with van der Waals surface area (Å²) in [4.78, 5) is 11.5. The van der Waals surface area contributed by atoms with Crippen molar-refractivity contribution >= 4 is 15.7 Å². The predicted octanol–water partition coefficient (Wildman–Crippen LogP) is 1.13. The third-order valence-corrected chi connectivity index (χ3v) is 3.20. The maximum atomic E-state index is 13.2. The predicted molar refractivity (Wildman–Crippen MR) is 63.0 cm³/mol. The molecule has 18 heavy (non-hydrogen) atoms. The van der Waals surface area contributed by atoms with E-state index in [1.165, 1.54) is 6.07 Å². The van der Waals surface area contributed by atoms with Gasteiger partial charge in [0.05, 0.1) is 11.3 Å². The van der Waals surface area contributed by atoms with Crippen LogP contribution in [0.4, 0.5) is 8.78 Å². The molecule has 0 aliphatic carbocycles. The maximum absolute atomic E-state index is 13.2. The zero-order valence-corrected chi connectivity index (χ0v) is 10.6. The van der Waals surface area contributed by atoms with E-state index >= 15 is 0 Å². The van der Waals surface area contributed by atoms with E-state index in [9.17, 15) is 22.0 Å². The lowest BCUT2D eigenvalue weighted by Crippen LogP contribution is -2.26. The highest BCUT2D eigenvalue weighted by atomic mass is 32.2. The minimum absolute atomic E-state index is 0.0705. The highest BCUT2D eigenvalue weighted by Crippen LogP contribution is 2.10. The Bertz CT molecular complexity index is 543. The molecule has 0 heterocycles. The van der Waals surface area contributed by atoms with Gasteiger partial charge in [0.2, 0.25) is 0 Å². The van der Waals surface area contributed by atoms with E-state index in [1.54, 1.807) is 0 Å². The molecule has 1 rings (SSSR count).